The Kier molecular flexibility index (Phi) is 4.25. The van der Waals surface area contributed by atoms with Crippen molar-refractivity contribution in [3.05, 3.63) is 33.8 Å². The smallest absolute Gasteiger partial charge is 0.255 e. The van der Waals surface area contributed by atoms with Gasteiger partial charge in [0.15, 0.2) is 0 Å². The molecule has 3 aliphatic heterocycles. The van der Waals surface area contributed by atoms with Gasteiger partial charge >= 0.3 is 0 Å². The van der Waals surface area contributed by atoms with Crippen molar-refractivity contribution in [3.8, 4) is 0 Å². The van der Waals surface area contributed by atoms with E-state index in [1.165, 1.54) is 0 Å². The number of hydrogen-bond donors (Lipinski definition) is 2. The molecule has 6 nitrogen and oxygen atoms in total. The monoisotopic (exact) mass is 361 g/mol. The Balaban J connectivity index is 1.61. The number of benzene rings is 1. The summed E-state index contributed by atoms with van der Waals surface area (Å²) in [4.78, 5) is 37.8. The van der Waals surface area contributed by atoms with E-state index in [1.54, 1.807) is 4.90 Å². The van der Waals surface area contributed by atoms with E-state index in [2.05, 4.69) is 10.6 Å². The van der Waals surface area contributed by atoms with Crippen LogP contribution in [0.5, 0.6) is 0 Å². The second-order valence-electron chi connectivity index (χ2n) is 6.92. The number of nitrogens with zero attached hydrogens (tertiary/aromatic N) is 1. The standard InChI is InChI=1S/C18H20ClN3O3/c19-16-11(10-5-7-20-8-6-10)1-2-12-13(16)9-22(18(12)25)14-3-4-15(23)21-17(14)24/h1-2,10,14,20H,3-9H2,(H,21,23,24). The first-order valence-electron chi connectivity index (χ1n) is 8.73. The average Bonchev–Trinajstić information content (AvgIpc) is 2.94. The molecule has 7 heteroatoms. The van der Waals surface area contributed by atoms with Crippen molar-refractivity contribution in [2.75, 3.05) is 13.1 Å². The molecule has 0 saturated carbocycles. The molecule has 0 radical (unpaired) electrons. The highest BCUT2D eigenvalue weighted by Crippen LogP contribution is 2.39. The van der Waals surface area contributed by atoms with Gasteiger partial charge < -0.3 is 10.2 Å². The maximum absolute atomic E-state index is 12.8. The van der Waals surface area contributed by atoms with E-state index >= 15 is 0 Å². The van der Waals surface area contributed by atoms with E-state index in [4.69, 9.17) is 11.6 Å². The van der Waals surface area contributed by atoms with Crippen LogP contribution < -0.4 is 10.6 Å². The number of halogens is 1. The number of imide groups is 1. The molecule has 0 spiro atoms. The summed E-state index contributed by atoms with van der Waals surface area (Å²) in [6.07, 6.45) is 2.68. The highest BCUT2D eigenvalue weighted by molar-refractivity contribution is 6.33. The Morgan fingerprint density at radius 1 is 1.08 bits per heavy atom. The Bertz CT molecular complexity index is 758. The molecule has 1 aromatic rings. The number of amides is 3. The molecule has 0 bridgehead atoms. The fourth-order valence-corrected chi connectivity index (χ4v) is 4.45. The maximum atomic E-state index is 12.8. The van der Waals surface area contributed by atoms with Gasteiger partial charge in [-0.1, -0.05) is 17.7 Å². The zero-order valence-electron chi connectivity index (χ0n) is 13.8. The van der Waals surface area contributed by atoms with Gasteiger partial charge in [0.05, 0.1) is 0 Å². The van der Waals surface area contributed by atoms with Gasteiger partial charge in [-0.15, -0.1) is 0 Å². The SMILES string of the molecule is O=C1CCC(N2Cc3c(ccc(C4CCNCC4)c3Cl)C2=O)C(=O)N1. The van der Waals surface area contributed by atoms with Gasteiger partial charge in [0.1, 0.15) is 6.04 Å². The van der Waals surface area contributed by atoms with Crippen LogP contribution in [0.25, 0.3) is 0 Å². The summed E-state index contributed by atoms with van der Waals surface area (Å²) in [5.74, 6) is -0.453. The van der Waals surface area contributed by atoms with Gasteiger partial charge in [0.25, 0.3) is 5.91 Å². The molecule has 0 aromatic heterocycles. The summed E-state index contributed by atoms with van der Waals surface area (Å²) in [5, 5.41) is 6.32. The van der Waals surface area contributed by atoms with Crippen molar-refractivity contribution < 1.29 is 14.4 Å². The van der Waals surface area contributed by atoms with Crippen molar-refractivity contribution in [2.24, 2.45) is 0 Å². The van der Waals surface area contributed by atoms with Gasteiger partial charge in [-0.2, -0.15) is 0 Å². The number of fused-ring (bicyclic) bond motifs is 1. The molecule has 132 valence electrons. The second-order valence-corrected chi connectivity index (χ2v) is 7.30. The molecule has 3 amide bonds. The summed E-state index contributed by atoms with van der Waals surface area (Å²) in [7, 11) is 0. The van der Waals surface area contributed by atoms with Crippen molar-refractivity contribution in [1.29, 1.82) is 0 Å². The normalized spacial score (nSPS) is 24.4. The van der Waals surface area contributed by atoms with Crippen LogP contribution in [0.4, 0.5) is 0 Å². The molecule has 1 unspecified atom stereocenters. The molecule has 2 fully saturated rings. The molecular weight excluding hydrogens is 342 g/mol. The largest absolute Gasteiger partial charge is 0.322 e. The molecule has 3 heterocycles. The third kappa shape index (κ3) is 2.83. The van der Waals surface area contributed by atoms with Crippen molar-refractivity contribution in [3.63, 3.8) is 0 Å². The molecule has 3 aliphatic rings. The third-order valence-electron chi connectivity index (χ3n) is 5.46. The van der Waals surface area contributed by atoms with Crippen molar-refractivity contribution in [2.45, 2.75) is 44.2 Å². The second kappa shape index (κ2) is 6.42. The molecule has 2 saturated heterocycles. The van der Waals surface area contributed by atoms with Crippen LogP contribution in [0.1, 0.15) is 53.1 Å². The van der Waals surface area contributed by atoms with Crippen LogP contribution in [-0.4, -0.2) is 41.8 Å². The number of rotatable bonds is 2. The first-order chi connectivity index (χ1) is 12.1. The minimum Gasteiger partial charge on any atom is -0.322 e. The van der Waals surface area contributed by atoms with Gasteiger partial charge in [-0.3, -0.25) is 19.7 Å². The highest BCUT2D eigenvalue weighted by atomic mass is 35.5. The van der Waals surface area contributed by atoms with Crippen molar-refractivity contribution in [1.82, 2.24) is 15.5 Å². The quantitative estimate of drug-likeness (QED) is 0.784. The van der Waals surface area contributed by atoms with Crippen LogP contribution in [0.3, 0.4) is 0 Å². The fourth-order valence-electron chi connectivity index (χ4n) is 4.07. The number of hydrogen-bond acceptors (Lipinski definition) is 4. The Morgan fingerprint density at radius 3 is 2.56 bits per heavy atom. The molecule has 1 aromatic carbocycles. The predicted molar refractivity (Wildman–Crippen MR) is 92.3 cm³/mol. The first-order valence-corrected chi connectivity index (χ1v) is 9.10. The Morgan fingerprint density at radius 2 is 1.84 bits per heavy atom. The number of carbonyl (C=O) groups is 3. The van der Waals surface area contributed by atoms with Crippen LogP contribution in [0.15, 0.2) is 12.1 Å². The van der Waals surface area contributed by atoms with Crippen LogP contribution in [0.2, 0.25) is 5.02 Å². The molecule has 25 heavy (non-hydrogen) atoms. The van der Waals surface area contributed by atoms with E-state index in [-0.39, 0.29) is 18.2 Å². The predicted octanol–water partition coefficient (Wildman–Crippen LogP) is 1.57. The third-order valence-corrected chi connectivity index (χ3v) is 5.90. The van der Waals surface area contributed by atoms with E-state index in [0.29, 0.717) is 29.5 Å². The lowest BCUT2D eigenvalue weighted by Crippen LogP contribution is -2.52. The molecule has 4 rings (SSSR count). The Hall–Kier alpha value is -1.92. The summed E-state index contributed by atoms with van der Waals surface area (Å²) in [5.41, 5.74) is 2.49. The highest BCUT2D eigenvalue weighted by Gasteiger charge is 2.40. The van der Waals surface area contributed by atoms with E-state index in [9.17, 15) is 14.4 Å². The van der Waals surface area contributed by atoms with Gasteiger partial charge in [-0.05, 0) is 49.9 Å². The van der Waals surface area contributed by atoms with Gasteiger partial charge in [0, 0.05) is 29.1 Å². The number of nitrogens with one attached hydrogen (secondary N) is 2. The van der Waals surface area contributed by atoms with Crippen molar-refractivity contribution >= 4 is 29.3 Å². The lowest BCUT2D eigenvalue weighted by molar-refractivity contribution is -0.136. The topological polar surface area (TPSA) is 78.5 Å². The fraction of sp³-hybridized carbons (Fsp3) is 0.500. The lowest BCUT2D eigenvalue weighted by atomic mass is 9.88. The van der Waals surface area contributed by atoms with Crippen LogP contribution in [-0.2, 0) is 16.1 Å². The lowest BCUT2D eigenvalue weighted by Gasteiger charge is -2.29. The van der Waals surface area contributed by atoms with E-state index < -0.39 is 11.9 Å². The zero-order valence-corrected chi connectivity index (χ0v) is 14.6. The maximum Gasteiger partial charge on any atom is 0.255 e. The Labute approximate surface area is 150 Å². The summed E-state index contributed by atoms with van der Waals surface area (Å²) < 4.78 is 0. The first kappa shape index (κ1) is 16.5. The van der Waals surface area contributed by atoms with Crippen LogP contribution >= 0.6 is 11.6 Å². The van der Waals surface area contributed by atoms with Gasteiger partial charge in [0.2, 0.25) is 11.8 Å². The van der Waals surface area contributed by atoms with Crippen LogP contribution in [0, 0.1) is 0 Å². The van der Waals surface area contributed by atoms with E-state index in [1.807, 2.05) is 12.1 Å². The van der Waals surface area contributed by atoms with Gasteiger partial charge in [-0.25, -0.2) is 0 Å². The minimum absolute atomic E-state index is 0.178. The molecular formula is C18H20ClN3O3. The molecule has 2 N–H and O–H groups in total. The van der Waals surface area contributed by atoms with E-state index in [0.717, 1.165) is 37.1 Å². The summed E-state index contributed by atoms with van der Waals surface area (Å²) in [6.45, 7) is 2.27. The summed E-state index contributed by atoms with van der Waals surface area (Å²) >= 11 is 6.66. The average molecular weight is 362 g/mol. The zero-order chi connectivity index (χ0) is 17.6. The number of carbonyl (C=O) groups excluding carboxylic acids is 3. The summed E-state index contributed by atoms with van der Waals surface area (Å²) in [6, 6.07) is 3.20. The molecule has 1 atom stereocenters. The minimum atomic E-state index is -0.601. The number of piperidine rings is 2. The molecule has 0 aliphatic carbocycles.